The Kier molecular flexibility index (Phi) is 1.89. The Morgan fingerprint density at radius 2 is 2.18 bits per heavy atom. The molecule has 1 heterocycles. The molecule has 0 saturated heterocycles. The lowest BCUT2D eigenvalue weighted by Gasteiger charge is -1.97. The average Bonchev–Trinajstić information content (AvgIpc) is 1.94. The van der Waals surface area contributed by atoms with E-state index in [0.29, 0.717) is 0 Å². The maximum Gasteiger partial charge on any atom is 0.261 e. The number of carbonyl (C=O) groups excluding carboxylic acids is 1. The lowest BCUT2D eigenvalue weighted by atomic mass is 10.2. The maximum atomic E-state index is 11.2. The molecule has 0 bridgehead atoms. The minimum absolute atomic E-state index is 0.189. The van der Waals surface area contributed by atoms with Gasteiger partial charge in [-0.2, -0.15) is 0 Å². The van der Waals surface area contributed by atoms with Crippen LogP contribution >= 0.6 is 0 Å². The lowest BCUT2D eigenvalue weighted by Crippen LogP contribution is -2.21. The molecule has 0 amide bonds. The third-order valence-electron chi connectivity index (χ3n) is 1.50. The van der Waals surface area contributed by atoms with Gasteiger partial charge in [-0.1, -0.05) is 0 Å². The highest BCUT2D eigenvalue weighted by molar-refractivity contribution is 5.93. The molecular weight excluding hydrogens is 142 g/mol. The molecule has 1 aromatic heterocycles. The van der Waals surface area contributed by atoms with Gasteiger partial charge in [-0.15, -0.1) is 0 Å². The van der Waals surface area contributed by atoms with E-state index in [-0.39, 0.29) is 16.9 Å². The van der Waals surface area contributed by atoms with Crippen molar-refractivity contribution in [2.75, 3.05) is 0 Å². The number of ketones is 1. The molecule has 0 N–H and O–H groups in total. The minimum atomic E-state index is -0.236. The molecule has 0 aliphatic heterocycles. The van der Waals surface area contributed by atoms with E-state index >= 15 is 0 Å². The van der Waals surface area contributed by atoms with Crippen LogP contribution in [0.15, 0.2) is 23.1 Å². The Hall–Kier alpha value is -1.38. The fourth-order valence-corrected chi connectivity index (χ4v) is 0.865. The van der Waals surface area contributed by atoms with Crippen molar-refractivity contribution in [1.29, 1.82) is 0 Å². The Balaban J connectivity index is 3.40. The van der Waals surface area contributed by atoms with Crippen molar-refractivity contribution in [3.05, 3.63) is 34.2 Å². The third kappa shape index (κ3) is 1.37. The predicted octanol–water partition coefficient (Wildman–Crippen LogP) is 0.588. The van der Waals surface area contributed by atoms with Gasteiger partial charge in [0.1, 0.15) is 0 Å². The van der Waals surface area contributed by atoms with Crippen LogP contribution in [0.5, 0.6) is 0 Å². The predicted molar refractivity (Wildman–Crippen MR) is 41.7 cm³/mol. The van der Waals surface area contributed by atoms with Crippen molar-refractivity contribution >= 4 is 5.78 Å². The Morgan fingerprint density at radius 3 is 2.64 bits per heavy atom. The van der Waals surface area contributed by atoms with Crippen LogP contribution in [0.2, 0.25) is 0 Å². The summed E-state index contributed by atoms with van der Waals surface area (Å²) in [6.45, 7) is 1.39. The van der Waals surface area contributed by atoms with E-state index in [0.717, 1.165) is 0 Å². The van der Waals surface area contributed by atoms with Gasteiger partial charge in [0.15, 0.2) is 5.78 Å². The molecular formula is C8H9NO2. The SMILES string of the molecule is CC(=O)c1cccn(C)c1=O. The molecule has 58 valence electrons. The molecule has 0 spiro atoms. The van der Waals surface area contributed by atoms with Crippen LogP contribution < -0.4 is 5.56 Å². The van der Waals surface area contributed by atoms with E-state index in [9.17, 15) is 9.59 Å². The zero-order chi connectivity index (χ0) is 8.43. The smallest absolute Gasteiger partial charge is 0.261 e. The molecule has 11 heavy (non-hydrogen) atoms. The van der Waals surface area contributed by atoms with Gasteiger partial charge in [0, 0.05) is 13.2 Å². The van der Waals surface area contributed by atoms with Gasteiger partial charge in [-0.3, -0.25) is 9.59 Å². The first kappa shape index (κ1) is 7.72. The van der Waals surface area contributed by atoms with Crippen LogP contribution in [0.4, 0.5) is 0 Å². The first-order valence-electron chi connectivity index (χ1n) is 3.29. The number of Topliss-reactive ketones (excluding diaryl/α,β-unsaturated/α-hetero) is 1. The number of pyridine rings is 1. The zero-order valence-corrected chi connectivity index (χ0v) is 6.50. The second kappa shape index (κ2) is 2.70. The number of carbonyl (C=O) groups is 1. The van der Waals surface area contributed by atoms with Gasteiger partial charge in [-0.25, -0.2) is 0 Å². The standard InChI is InChI=1S/C8H9NO2/c1-6(10)7-4-3-5-9(2)8(7)11/h3-5H,1-2H3. The van der Waals surface area contributed by atoms with Crippen molar-refractivity contribution in [2.24, 2.45) is 7.05 Å². The number of hydrogen-bond donors (Lipinski definition) is 0. The quantitative estimate of drug-likeness (QED) is 0.551. The van der Waals surface area contributed by atoms with Crippen LogP contribution in [0, 0.1) is 0 Å². The summed E-state index contributed by atoms with van der Waals surface area (Å²) in [6, 6.07) is 3.21. The maximum absolute atomic E-state index is 11.2. The average molecular weight is 151 g/mol. The van der Waals surface area contributed by atoms with Crippen molar-refractivity contribution in [3.8, 4) is 0 Å². The summed E-state index contributed by atoms with van der Waals surface area (Å²) >= 11 is 0. The largest absolute Gasteiger partial charge is 0.318 e. The molecule has 1 aromatic rings. The van der Waals surface area contributed by atoms with Crippen molar-refractivity contribution in [3.63, 3.8) is 0 Å². The Labute approximate surface area is 64.3 Å². The zero-order valence-electron chi connectivity index (χ0n) is 6.50. The molecule has 0 aliphatic carbocycles. The molecule has 0 atom stereocenters. The van der Waals surface area contributed by atoms with E-state index in [1.165, 1.54) is 17.6 Å². The van der Waals surface area contributed by atoms with E-state index in [4.69, 9.17) is 0 Å². The van der Waals surface area contributed by atoms with Gasteiger partial charge < -0.3 is 4.57 Å². The molecule has 0 fully saturated rings. The van der Waals surface area contributed by atoms with Gasteiger partial charge in [0.2, 0.25) is 0 Å². The van der Waals surface area contributed by atoms with Crippen LogP contribution in [0.1, 0.15) is 17.3 Å². The monoisotopic (exact) mass is 151 g/mol. The number of rotatable bonds is 1. The molecule has 1 rings (SSSR count). The highest BCUT2D eigenvalue weighted by Gasteiger charge is 2.03. The van der Waals surface area contributed by atoms with Crippen molar-refractivity contribution in [2.45, 2.75) is 6.92 Å². The van der Waals surface area contributed by atoms with Gasteiger partial charge in [0.05, 0.1) is 5.56 Å². The third-order valence-corrected chi connectivity index (χ3v) is 1.50. The molecule has 0 saturated carbocycles. The first-order chi connectivity index (χ1) is 5.13. The molecule has 3 heteroatoms. The van der Waals surface area contributed by atoms with Gasteiger partial charge >= 0.3 is 0 Å². The number of nitrogens with zero attached hydrogens (tertiary/aromatic N) is 1. The summed E-state index contributed by atoms with van der Waals surface area (Å²) in [6.07, 6.45) is 1.62. The fraction of sp³-hybridized carbons (Fsp3) is 0.250. The molecule has 3 nitrogen and oxygen atoms in total. The van der Waals surface area contributed by atoms with E-state index < -0.39 is 0 Å². The topological polar surface area (TPSA) is 39.1 Å². The summed E-state index contributed by atoms with van der Waals surface area (Å²) < 4.78 is 1.39. The van der Waals surface area contributed by atoms with Crippen molar-refractivity contribution in [1.82, 2.24) is 4.57 Å². The van der Waals surface area contributed by atoms with Crippen LogP contribution in [-0.2, 0) is 7.05 Å². The number of hydrogen-bond acceptors (Lipinski definition) is 2. The second-order valence-corrected chi connectivity index (χ2v) is 2.39. The highest BCUT2D eigenvalue weighted by Crippen LogP contribution is 1.90. The summed E-state index contributed by atoms with van der Waals surface area (Å²) in [5.41, 5.74) is 0.00926. The van der Waals surface area contributed by atoms with Gasteiger partial charge in [0.25, 0.3) is 5.56 Å². The minimum Gasteiger partial charge on any atom is -0.318 e. The Morgan fingerprint density at radius 1 is 1.55 bits per heavy atom. The summed E-state index contributed by atoms with van der Waals surface area (Å²) in [5, 5.41) is 0. The van der Waals surface area contributed by atoms with Gasteiger partial charge in [-0.05, 0) is 19.1 Å². The highest BCUT2D eigenvalue weighted by atomic mass is 16.1. The second-order valence-electron chi connectivity index (χ2n) is 2.39. The first-order valence-corrected chi connectivity index (χ1v) is 3.29. The van der Waals surface area contributed by atoms with E-state index in [2.05, 4.69) is 0 Å². The fourth-order valence-electron chi connectivity index (χ4n) is 0.865. The summed E-state index contributed by atoms with van der Waals surface area (Å²) in [5.74, 6) is -0.189. The van der Waals surface area contributed by atoms with Crippen LogP contribution in [-0.4, -0.2) is 10.4 Å². The number of aromatic nitrogens is 1. The van der Waals surface area contributed by atoms with Crippen LogP contribution in [0.3, 0.4) is 0 Å². The Bertz CT molecular complexity index is 338. The normalized spacial score (nSPS) is 9.64. The summed E-state index contributed by atoms with van der Waals surface area (Å²) in [7, 11) is 1.62. The lowest BCUT2D eigenvalue weighted by molar-refractivity contribution is 0.101. The molecule has 0 unspecified atom stereocenters. The molecule has 0 aromatic carbocycles. The number of aryl methyl sites for hydroxylation is 1. The van der Waals surface area contributed by atoms with Crippen LogP contribution in [0.25, 0.3) is 0 Å². The summed E-state index contributed by atoms with van der Waals surface area (Å²) in [4.78, 5) is 22.0. The van der Waals surface area contributed by atoms with E-state index in [1.54, 1.807) is 19.3 Å². The molecule has 0 aliphatic rings. The molecule has 0 radical (unpaired) electrons. The van der Waals surface area contributed by atoms with E-state index in [1.807, 2.05) is 0 Å². The van der Waals surface area contributed by atoms with Crippen molar-refractivity contribution < 1.29 is 4.79 Å².